The molecule has 1 heterocycles. The number of aryl methyl sites for hydroxylation is 1. The van der Waals surface area contributed by atoms with Gasteiger partial charge >= 0.3 is 0 Å². The molecule has 0 aliphatic rings. The van der Waals surface area contributed by atoms with Gasteiger partial charge in [-0.15, -0.1) is 0 Å². The second kappa shape index (κ2) is 4.96. The van der Waals surface area contributed by atoms with Crippen molar-refractivity contribution >= 4 is 5.78 Å². The molecule has 0 aliphatic carbocycles. The number of carbonyl (C=O) groups excluding carboxylic acids is 1. The van der Waals surface area contributed by atoms with Gasteiger partial charge in [0.15, 0.2) is 17.3 Å². The smallest absolute Gasteiger partial charge is 0.196 e. The number of hydrogen-bond donors (Lipinski definition) is 0. The highest BCUT2D eigenvalue weighted by molar-refractivity contribution is 6.09. The van der Waals surface area contributed by atoms with E-state index in [-0.39, 0.29) is 17.1 Å². The maximum Gasteiger partial charge on any atom is 0.196 e. The molecule has 0 saturated heterocycles. The van der Waals surface area contributed by atoms with Crippen molar-refractivity contribution in [2.24, 2.45) is 0 Å². The summed E-state index contributed by atoms with van der Waals surface area (Å²) in [7, 11) is 1.36. The third-order valence-electron chi connectivity index (χ3n) is 2.59. The topological polar surface area (TPSA) is 39.2 Å². The van der Waals surface area contributed by atoms with Crippen LogP contribution < -0.4 is 4.74 Å². The molecule has 0 radical (unpaired) electrons. The molecule has 2 aromatic rings. The van der Waals surface area contributed by atoms with E-state index in [4.69, 9.17) is 4.74 Å². The van der Waals surface area contributed by atoms with E-state index in [0.717, 1.165) is 0 Å². The van der Waals surface area contributed by atoms with E-state index in [9.17, 15) is 9.18 Å². The zero-order valence-corrected chi connectivity index (χ0v) is 10.1. The largest absolute Gasteiger partial charge is 0.494 e. The first-order valence-corrected chi connectivity index (χ1v) is 5.43. The SMILES string of the molecule is COc1cccc(C(=O)c2ccnc(C)c2)c1F. The summed E-state index contributed by atoms with van der Waals surface area (Å²) in [6.45, 7) is 1.78. The predicted molar refractivity (Wildman–Crippen MR) is 65.4 cm³/mol. The summed E-state index contributed by atoms with van der Waals surface area (Å²) in [6, 6.07) is 7.69. The normalized spacial score (nSPS) is 10.2. The minimum absolute atomic E-state index is 0.0000463. The van der Waals surface area contributed by atoms with E-state index < -0.39 is 5.82 Å². The highest BCUT2D eigenvalue weighted by Gasteiger charge is 2.17. The molecule has 4 heteroatoms. The van der Waals surface area contributed by atoms with Gasteiger partial charge in [0, 0.05) is 17.5 Å². The van der Waals surface area contributed by atoms with Crippen LogP contribution in [0.4, 0.5) is 4.39 Å². The number of ketones is 1. The van der Waals surface area contributed by atoms with Gasteiger partial charge in [-0.2, -0.15) is 0 Å². The molecule has 0 spiro atoms. The van der Waals surface area contributed by atoms with Crippen LogP contribution in [0, 0.1) is 12.7 Å². The van der Waals surface area contributed by atoms with Gasteiger partial charge in [0.05, 0.1) is 12.7 Å². The minimum Gasteiger partial charge on any atom is -0.494 e. The van der Waals surface area contributed by atoms with Crippen molar-refractivity contribution in [2.75, 3.05) is 7.11 Å². The van der Waals surface area contributed by atoms with Crippen LogP contribution in [0.15, 0.2) is 36.5 Å². The molecule has 0 bridgehead atoms. The summed E-state index contributed by atoms with van der Waals surface area (Å²) in [5.74, 6) is -0.956. The molecule has 0 aliphatic heterocycles. The molecule has 0 atom stereocenters. The van der Waals surface area contributed by atoms with Crippen LogP contribution in [0.5, 0.6) is 5.75 Å². The summed E-state index contributed by atoms with van der Waals surface area (Å²) < 4.78 is 18.8. The van der Waals surface area contributed by atoms with Crippen molar-refractivity contribution in [1.82, 2.24) is 4.98 Å². The van der Waals surface area contributed by atoms with Gasteiger partial charge in [-0.05, 0) is 31.2 Å². The fourth-order valence-electron chi connectivity index (χ4n) is 1.69. The Bertz CT molecular complexity index is 596. The van der Waals surface area contributed by atoms with Crippen LogP contribution in [-0.4, -0.2) is 17.9 Å². The molecule has 0 N–H and O–H groups in total. The summed E-state index contributed by atoms with van der Waals surface area (Å²) in [5.41, 5.74) is 1.12. The quantitative estimate of drug-likeness (QED) is 0.780. The fourth-order valence-corrected chi connectivity index (χ4v) is 1.69. The summed E-state index contributed by atoms with van der Waals surface area (Å²) in [5, 5.41) is 0. The fraction of sp³-hybridized carbons (Fsp3) is 0.143. The first-order valence-electron chi connectivity index (χ1n) is 5.43. The molecule has 0 fully saturated rings. The highest BCUT2D eigenvalue weighted by atomic mass is 19.1. The standard InChI is InChI=1S/C14H12FNO2/c1-9-8-10(6-7-16-9)14(17)11-4-3-5-12(18-2)13(11)15/h3-8H,1-2H3. The van der Waals surface area contributed by atoms with Crippen molar-refractivity contribution in [3.05, 3.63) is 59.2 Å². The van der Waals surface area contributed by atoms with E-state index in [1.165, 1.54) is 25.4 Å². The zero-order chi connectivity index (χ0) is 13.1. The number of carbonyl (C=O) groups is 1. The summed E-state index contributed by atoms with van der Waals surface area (Å²) >= 11 is 0. The molecular weight excluding hydrogens is 233 g/mol. The Balaban J connectivity index is 2.46. The lowest BCUT2D eigenvalue weighted by Crippen LogP contribution is -2.06. The van der Waals surface area contributed by atoms with Crippen molar-refractivity contribution in [3.8, 4) is 5.75 Å². The average molecular weight is 245 g/mol. The van der Waals surface area contributed by atoms with Gasteiger partial charge < -0.3 is 4.74 Å². The highest BCUT2D eigenvalue weighted by Crippen LogP contribution is 2.22. The summed E-state index contributed by atoms with van der Waals surface area (Å²) in [4.78, 5) is 16.2. The average Bonchev–Trinajstić information content (AvgIpc) is 2.38. The number of nitrogens with zero attached hydrogens (tertiary/aromatic N) is 1. The van der Waals surface area contributed by atoms with E-state index >= 15 is 0 Å². The maximum absolute atomic E-state index is 13.9. The van der Waals surface area contributed by atoms with E-state index in [0.29, 0.717) is 11.3 Å². The van der Waals surface area contributed by atoms with Crippen LogP contribution in [0.25, 0.3) is 0 Å². The van der Waals surface area contributed by atoms with Crippen LogP contribution >= 0.6 is 0 Å². The molecule has 3 nitrogen and oxygen atoms in total. The van der Waals surface area contributed by atoms with Gasteiger partial charge in [0.2, 0.25) is 0 Å². The van der Waals surface area contributed by atoms with Gasteiger partial charge in [0.1, 0.15) is 0 Å². The predicted octanol–water partition coefficient (Wildman–Crippen LogP) is 2.77. The zero-order valence-electron chi connectivity index (χ0n) is 10.1. The molecule has 0 amide bonds. The number of rotatable bonds is 3. The molecule has 0 unspecified atom stereocenters. The van der Waals surface area contributed by atoms with Crippen molar-refractivity contribution in [3.63, 3.8) is 0 Å². The Hall–Kier alpha value is -2.23. The van der Waals surface area contributed by atoms with Gasteiger partial charge in [-0.25, -0.2) is 4.39 Å². The van der Waals surface area contributed by atoms with Crippen LogP contribution in [0.3, 0.4) is 0 Å². The first-order chi connectivity index (χ1) is 8.63. The molecular formula is C14H12FNO2. The van der Waals surface area contributed by atoms with E-state index in [1.807, 2.05) is 0 Å². The number of methoxy groups -OCH3 is 1. The minimum atomic E-state index is -0.639. The second-order valence-electron chi connectivity index (χ2n) is 3.84. The molecule has 0 saturated carbocycles. The number of pyridine rings is 1. The van der Waals surface area contributed by atoms with Crippen molar-refractivity contribution in [2.45, 2.75) is 6.92 Å². The molecule has 1 aromatic carbocycles. The van der Waals surface area contributed by atoms with E-state index in [1.54, 1.807) is 25.1 Å². The third-order valence-corrected chi connectivity index (χ3v) is 2.59. The number of hydrogen-bond acceptors (Lipinski definition) is 3. The molecule has 92 valence electrons. The van der Waals surface area contributed by atoms with Crippen LogP contribution in [0.2, 0.25) is 0 Å². The molecule has 2 rings (SSSR count). The Morgan fingerprint density at radius 2 is 2.11 bits per heavy atom. The number of ether oxygens (including phenoxy) is 1. The lowest BCUT2D eigenvalue weighted by Gasteiger charge is -2.06. The Labute approximate surface area is 104 Å². The number of aromatic nitrogens is 1. The number of halogens is 1. The second-order valence-corrected chi connectivity index (χ2v) is 3.84. The van der Waals surface area contributed by atoms with Gasteiger partial charge in [-0.3, -0.25) is 9.78 Å². The summed E-state index contributed by atoms with van der Waals surface area (Å²) in [6.07, 6.45) is 1.53. The Morgan fingerprint density at radius 1 is 1.33 bits per heavy atom. The maximum atomic E-state index is 13.9. The molecule has 1 aromatic heterocycles. The lowest BCUT2D eigenvalue weighted by atomic mass is 10.0. The Morgan fingerprint density at radius 3 is 2.78 bits per heavy atom. The van der Waals surface area contributed by atoms with E-state index in [2.05, 4.69) is 4.98 Å². The first kappa shape index (κ1) is 12.2. The Kier molecular flexibility index (Phi) is 3.37. The van der Waals surface area contributed by atoms with Gasteiger partial charge in [-0.1, -0.05) is 6.07 Å². The monoisotopic (exact) mass is 245 g/mol. The van der Waals surface area contributed by atoms with Gasteiger partial charge in [0.25, 0.3) is 0 Å². The van der Waals surface area contributed by atoms with Crippen LogP contribution in [0.1, 0.15) is 21.6 Å². The number of benzene rings is 1. The third kappa shape index (κ3) is 2.22. The molecule has 18 heavy (non-hydrogen) atoms. The van der Waals surface area contributed by atoms with Crippen LogP contribution in [-0.2, 0) is 0 Å². The van der Waals surface area contributed by atoms with Crippen molar-refractivity contribution < 1.29 is 13.9 Å². The van der Waals surface area contributed by atoms with Crippen molar-refractivity contribution in [1.29, 1.82) is 0 Å². The lowest BCUT2D eigenvalue weighted by molar-refractivity contribution is 0.103.